The predicted molar refractivity (Wildman–Crippen MR) is 90.8 cm³/mol. The maximum absolute atomic E-state index is 12.6. The molecule has 0 aliphatic carbocycles. The zero-order valence-corrected chi connectivity index (χ0v) is 13.3. The Labute approximate surface area is 133 Å². The average Bonchev–Trinajstić information content (AvgIpc) is 2.99. The van der Waals surface area contributed by atoms with Crippen molar-refractivity contribution >= 4 is 17.1 Å². The number of hydrogen-bond acceptors (Lipinski definition) is 3. The molecule has 3 rings (SSSR count). The van der Waals surface area contributed by atoms with Crippen LogP contribution >= 0.6 is 11.3 Å². The van der Waals surface area contributed by atoms with Gasteiger partial charge in [-0.2, -0.15) is 0 Å². The van der Waals surface area contributed by atoms with E-state index in [0.29, 0.717) is 10.4 Å². The number of phenols is 1. The molecule has 0 radical (unpaired) electrons. The van der Waals surface area contributed by atoms with Gasteiger partial charge in [0.15, 0.2) is 0 Å². The van der Waals surface area contributed by atoms with Gasteiger partial charge in [0.25, 0.3) is 0 Å². The third kappa shape index (κ3) is 2.81. The van der Waals surface area contributed by atoms with Crippen molar-refractivity contribution in [3.8, 4) is 16.2 Å². The van der Waals surface area contributed by atoms with Crippen molar-refractivity contribution in [1.29, 1.82) is 0 Å². The lowest BCUT2D eigenvalue weighted by Gasteiger charge is -2.03. The zero-order valence-electron chi connectivity index (χ0n) is 12.5. The fraction of sp³-hybridized carbons (Fsp3) is 0.105. The highest BCUT2D eigenvalue weighted by atomic mass is 32.1. The first-order valence-corrected chi connectivity index (χ1v) is 7.87. The largest absolute Gasteiger partial charge is 0.508 e. The van der Waals surface area contributed by atoms with E-state index in [2.05, 4.69) is 0 Å². The molecule has 2 nitrogen and oxygen atoms in total. The Bertz CT molecular complexity index is 846. The molecule has 3 aromatic rings. The second kappa shape index (κ2) is 5.78. The smallest absolute Gasteiger partial charge is 0.202 e. The zero-order chi connectivity index (χ0) is 15.7. The average molecular weight is 308 g/mol. The third-order valence-electron chi connectivity index (χ3n) is 3.73. The Morgan fingerprint density at radius 3 is 2.50 bits per heavy atom. The van der Waals surface area contributed by atoms with Crippen molar-refractivity contribution in [2.24, 2.45) is 0 Å². The van der Waals surface area contributed by atoms with Crippen molar-refractivity contribution in [2.45, 2.75) is 13.8 Å². The van der Waals surface area contributed by atoms with Gasteiger partial charge in [0.2, 0.25) is 5.78 Å². The van der Waals surface area contributed by atoms with Crippen LogP contribution in [0.15, 0.2) is 54.6 Å². The SMILES string of the molecule is Cc1ccc(C(=O)c2ccc(-c3cccc(O)c3)s2)cc1C. The van der Waals surface area contributed by atoms with Gasteiger partial charge in [-0.1, -0.05) is 24.3 Å². The molecule has 0 saturated carbocycles. The van der Waals surface area contributed by atoms with Gasteiger partial charge in [0.1, 0.15) is 5.75 Å². The van der Waals surface area contributed by atoms with Crippen molar-refractivity contribution in [1.82, 2.24) is 0 Å². The van der Waals surface area contributed by atoms with Crippen molar-refractivity contribution in [2.75, 3.05) is 0 Å². The second-order valence-electron chi connectivity index (χ2n) is 5.34. The third-order valence-corrected chi connectivity index (χ3v) is 4.86. The van der Waals surface area contributed by atoms with E-state index in [1.54, 1.807) is 18.2 Å². The molecule has 0 fully saturated rings. The quantitative estimate of drug-likeness (QED) is 0.694. The van der Waals surface area contributed by atoms with E-state index in [1.807, 2.05) is 50.2 Å². The maximum atomic E-state index is 12.6. The van der Waals surface area contributed by atoms with Gasteiger partial charge in [0, 0.05) is 10.4 Å². The molecule has 0 unspecified atom stereocenters. The van der Waals surface area contributed by atoms with E-state index in [-0.39, 0.29) is 11.5 Å². The molecule has 1 N–H and O–H groups in total. The number of carbonyl (C=O) groups excluding carboxylic acids is 1. The lowest BCUT2D eigenvalue weighted by molar-refractivity contribution is 0.104. The fourth-order valence-corrected chi connectivity index (χ4v) is 3.26. The standard InChI is InChI=1S/C19H16O2S/c1-12-6-7-15(10-13(12)2)19(21)18-9-8-17(22-18)14-4-3-5-16(20)11-14/h3-11,20H,1-2H3. The van der Waals surface area contributed by atoms with Crippen LogP contribution in [0.2, 0.25) is 0 Å². The molecule has 1 heterocycles. The number of aryl methyl sites for hydroxylation is 2. The van der Waals surface area contributed by atoms with Crippen LogP contribution in [-0.2, 0) is 0 Å². The number of benzene rings is 2. The van der Waals surface area contributed by atoms with Crippen LogP contribution in [0.25, 0.3) is 10.4 Å². The summed E-state index contributed by atoms with van der Waals surface area (Å²) in [5, 5.41) is 9.56. The Hall–Kier alpha value is -2.39. The molecule has 0 atom stereocenters. The van der Waals surface area contributed by atoms with Gasteiger partial charge in [-0.3, -0.25) is 4.79 Å². The van der Waals surface area contributed by atoms with Crippen molar-refractivity contribution in [3.05, 3.63) is 76.2 Å². The Morgan fingerprint density at radius 2 is 1.77 bits per heavy atom. The molecule has 0 bridgehead atoms. The number of rotatable bonds is 3. The van der Waals surface area contributed by atoms with E-state index < -0.39 is 0 Å². The molecule has 1 aromatic heterocycles. The highest BCUT2D eigenvalue weighted by Crippen LogP contribution is 2.31. The molecule has 0 aliphatic heterocycles. The summed E-state index contributed by atoms with van der Waals surface area (Å²) in [6, 6.07) is 16.6. The molecule has 3 heteroatoms. The predicted octanol–water partition coefficient (Wildman–Crippen LogP) is 4.97. The lowest BCUT2D eigenvalue weighted by atomic mass is 10.0. The summed E-state index contributed by atoms with van der Waals surface area (Å²) in [7, 11) is 0. The van der Waals surface area contributed by atoms with E-state index in [9.17, 15) is 9.90 Å². The Kier molecular flexibility index (Phi) is 3.82. The van der Waals surface area contributed by atoms with Gasteiger partial charge >= 0.3 is 0 Å². The van der Waals surface area contributed by atoms with Crippen molar-refractivity contribution < 1.29 is 9.90 Å². The van der Waals surface area contributed by atoms with Crippen LogP contribution in [0, 0.1) is 13.8 Å². The number of carbonyl (C=O) groups is 1. The van der Waals surface area contributed by atoms with Gasteiger partial charge in [-0.15, -0.1) is 11.3 Å². The van der Waals surface area contributed by atoms with Crippen LogP contribution in [0.4, 0.5) is 0 Å². The molecule has 0 saturated heterocycles. The molecule has 0 aliphatic rings. The topological polar surface area (TPSA) is 37.3 Å². The first-order chi connectivity index (χ1) is 10.5. The summed E-state index contributed by atoms with van der Waals surface area (Å²) >= 11 is 1.45. The van der Waals surface area contributed by atoms with Crippen LogP contribution in [0.1, 0.15) is 26.4 Å². The van der Waals surface area contributed by atoms with E-state index in [4.69, 9.17) is 0 Å². The number of hydrogen-bond donors (Lipinski definition) is 1. The van der Waals surface area contributed by atoms with E-state index >= 15 is 0 Å². The number of phenolic OH excluding ortho intramolecular Hbond substituents is 1. The molecule has 0 spiro atoms. The number of ketones is 1. The monoisotopic (exact) mass is 308 g/mol. The summed E-state index contributed by atoms with van der Waals surface area (Å²) in [6.07, 6.45) is 0. The highest BCUT2D eigenvalue weighted by Gasteiger charge is 2.13. The maximum Gasteiger partial charge on any atom is 0.202 e. The van der Waals surface area contributed by atoms with Crippen LogP contribution in [0.3, 0.4) is 0 Å². The van der Waals surface area contributed by atoms with Crippen LogP contribution in [-0.4, -0.2) is 10.9 Å². The molecule has 0 amide bonds. The fourth-order valence-electron chi connectivity index (χ4n) is 2.30. The summed E-state index contributed by atoms with van der Waals surface area (Å²) in [6.45, 7) is 4.05. The minimum atomic E-state index is 0.0412. The Balaban J connectivity index is 1.93. The summed E-state index contributed by atoms with van der Waals surface area (Å²) in [5.41, 5.74) is 3.94. The van der Waals surface area contributed by atoms with E-state index in [1.165, 1.54) is 16.9 Å². The van der Waals surface area contributed by atoms with Crippen molar-refractivity contribution in [3.63, 3.8) is 0 Å². The van der Waals surface area contributed by atoms with Gasteiger partial charge < -0.3 is 5.11 Å². The summed E-state index contributed by atoms with van der Waals surface area (Å²) in [5.74, 6) is 0.271. The molecule has 2 aromatic carbocycles. The normalized spacial score (nSPS) is 10.6. The molecule has 22 heavy (non-hydrogen) atoms. The van der Waals surface area contributed by atoms with E-state index in [0.717, 1.165) is 16.0 Å². The lowest BCUT2D eigenvalue weighted by Crippen LogP contribution is -1.99. The van der Waals surface area contributed by atoms with Crippen LogP contribution < -0.4 is 0 Å². The molecule has 110 valence electrons. The summed E-state index contributed by atoms with van der Waals surface area (Å²) in [4.78, 5) is 14.3. The number of thiophene rings is 1. The van der Waals surface area contributed by atoms with Gasteiger partial charge in [-0.05, 0) is 60.9 Å². The van der Waals surface area contributed by atoms with Gasteiger partial charge in [0.05, 0.1) is 4.88 Å². The Morgan fingerprint density at radius 1 is 0.955 bits per heavy atom. The minimum Gasteiger partial charge on any atom is -0.508 e. The summed E-state index contributed by atoms with van der Waals surface area (Å²) < 4.78 is 0. The first-order valence-electron chi connectivity index (χ1n) is 7.06. The molecular weight excluding hydrogens is 292 g/mol. The molecular formula is C19H16O2S. The minimum absolute atomic E-state index is 0.0412. The number of aromatic hydroxyl groups is 1. The first kappa shape index (κ1) is 14.5. The highest BCUT2D eigenvalue weighted by molar-refractivity contribution is 7.17. The van der Waals surface area contributed by atoms with Gasteiger partial charge in [-0.25, -0.2) is 0 Å². The second-order valence-corrected chi connectivity index (χ2v) is 6.43. The van der Waals surface area contributed by atoms with Crippen LogP contribution in [0.5, 0.6) is 5.75 Å².